The van der Waals surface area contributed by atoms with E-state index < -0.39 is 0 Å². The zero-order chi connectivity index (χ0) is 68.9. The van der Waals surface area contributed by atoms with Crippen LogP contribution >= 0.6 is 0 Å². The topological polar surface area (TPSA) is 337 Å². The van der Waals surface area contributed by atoms with E-state index in [-0.39, 0.29) is 38.4 Å². The van der Waals surface area contributed by atoms with Crippen molar-refractivity contribution in [3.05, 3.63) is 185 Å². The van der Waals surface area contributed by atoms with E-state index in [1.54, 1.807) is 12.3 Å². The van der Waals surface area contributed by atoms with E-state index in [1.807, 2.05) is 60.8 Å². The predicted molar refractivity (Wildman–Crippen MR) is 398 cm³/mol. The predicted octanol–water partition coefficient (Wildman–Crippen LogP) is 16.2. The Morgan fingerprint density at radius 1 is 0.237 bits per heavy atom. The highest BCUT2D eigenvalue weighted by molar-refractivity contribution is 5.94. The van der Waals surface area contributed by atoms with Gasteiger partial charge in [0.1, 0.15) is 34.9 Å². The van der Waals surface area contributed by atoms with Crippen LogP contribution in [-0.4, -0.2) is 39.9 Å². The van der Waals surface area contributed by atoms with Crippen molar-refractivity contribution >= 4 is 118 Å². The summed E-state index contributed by atoms with van der Waals surface area (Å²) in [6.45, 7) is 39.3. The maximum absolute atomic E-state index is 5.90. The van der Waals surface area contributed by atoms with Crippen molar-refractivity contribution in [1.82, 2.24) is 39.9 Å². The van der Waals surface area contributed by atoms with Crippen molar-refractivity contribution in [3.8, 4) is 0 Å². The number of nitrogen functional groups attached to an aromatic ring is 9. The third-order valence-corrected chi connectivity index (χ3v) is 15.7. The molecule has 0 spiro atoms. The minimum absolute atomic E-state index is 0.0860. The first kappa shape index (κ1) is 70.3. The standard InChI is InChI=1S/2C13H17N3.2C13H16N2.C12H16N4.C12H15N3/c1-13(2,3)9-4-5-10-8(6-9)7-11(14)16-12(10)15;1-13(2,3)8-4-5-9-10(14)7-12(15)16-11(9)6-8;1-13(2,3)10-6-4-9-5-7-12(14)15-11(9)8-10;1-13(2,3)11-5-4-9-8-15-12(14)7-10(9)6-11;1-12(2,3)7-4-5-8-9(6-7)15-11(14)16-10(8)13;1-12(2,3)9-5-4-8-7-14-11(13)15-10(8)6-9/h2*4-7H,1-3H3,(H4,14,15,16);2*4-8H,1-3H3,(H2,14,15);4-6H,1-3H3,(H4,13,14,15,16);4-7H,1-3H3,(H2,13,14,15). The maximum Gasteiger partial charge on any atom is 0.222 e. The summed E-state index contributed by atoms with van der Waals surface area (Å²) in [7, 11) is 0. The Hall–Kier alpha value is -10.2. The summed E-state index contributed by atoms with van der Waals surface area (Å²) in [4.78, 5) is 33.1. The molecular weight excluding hydrogens is 1150 g/mol. The fourth-order valence-corrected chi connectivity index (χ4v) is 9.88. The number of pyridine rings is 4. The molecule has 17 heteroatoms. The fourth-order valence-electron chi connectivity index (χ4n) is 9.88. The molecule has 6 aromatic heterocycles. The highest BCUT2D eigenvalue weighted by Gasteiger charge is 2.20. The Balaban J connectivity index is 0.000000158. The van der Waals surface area contributed by atoms with Gasteiger partial charge in [0.2, 0.25) is 11.9 Å². The van der Waals surface area contributed by atoms with E-state index in [0.29, 0.717) is 46.5 Å². The largest absolute Gasteiger partial charge is 0.398 e. The van der Waals surface area contributed by atoms with Gasteiger partial charge in [-0.05, 0) is 131 Å². The molecule has 0 saturated heterocycles. The first-order valence-electron chi connectivity index (χ1n) is 31.1. The molecule has 0 saturated carbocycles. The number of benzene rings is 6. The Labute approximate surface area is 548 Å². The third kappa shape index (κ3) is 18.7. The molecular formula is C76H97N17. The van der Waals surface area contributed by atoms with Crippen LogP contribution in [0.5, 0.6) is 0 Å². The van der Waals surface area contributed by atoms with Gasteiger partial charge in [0.15, 0.2) is 0 Å². The van der Waals surface area contributed by atoms with Gasteiger partial charge in [0.25, 0.3) is 0 Å². The van der Waals surface area contributed by atoms with Gasteiger partial charge in [0, 0.05) is 56.5 Å². The molecule has 0 radical (unpaired) electrons. The Kier molecular flexibility index (Phi) is 20.7. The van der Waals surface area contributed by atoms with Crippen molar-refractivity contribution in [2.45, 2.75) is 157 Å². The van der Waals surface area contributed by atoms with Crippen LogP contribution in [0.4, 0.5) is 52.5 Å². The van der Waals surface area contributed by atoms with Crippen molar-refractivity contribution in [1.29, 1.82) is 0 Å². The number of hydrogen-bond donors (Lipinski definition) is 9. The molecule has 0 bridgehead atoms. The third-order valence-electron chi connectivity index (χ3n) is 15.7. The number of hydrogen-bond acceptors (Lipinski definition) is 17. The highest BCUT2D eigenvalue weighted by atomic mass is 15.0. The van der Waals surface area contributed by atoms with Crippen LogP contribution in [-0.2, 0) is 32.5 Å². The van der Waals surface area contributed by atoms with Crippen molar-refractivity contribution in [2.75, 3.05) is 51.6 Å². The van der Waals surface area contributed by atoms with E-state index in [2.05, 4.69) is 243 Å². The van der Waals surface area contributed by atoms with E-state index in [0.717, 1.165) is 65.2 Å². The van der Waals surface area contributed by atoms with E-state index >= 15 is 0 Å². The van der Waals surface area contributed by atoms with Crippen molar-refractivity contribution in [3.63, 3.8) is 0 Å². The molecule has 0 aliphatic heterocycles. The average molecular weight is 1250 g/mol. The summed E-state index contributed by atoms with van der Waals surface area (Å²) in [5.74, 6) is 3.57. The second-order valence-corrected chi connectivity index (χ2v) is 29.8. The van der Waals surface area contributed by atoms with Crippen LogP contribution in [0.1, 0.15) is 158 Å². The van der Waals surface area contributed by atoms with Crippen LogP contribution in [0, 0.1) is 0 Å². The monoisotopic (exact) mass is 1250 g/mol. The molecule has 17 nitrogen and oxygen atoms in total. The van der Waals surface area contributed by atoms with Gasteiger partial charge in [-0.15, -0.1) is 0 Å². The van der Waals surface area contributed by atoms with Gasteiger partial charge in [0.05, 0.1) is 22.1 Å². The summed E-state index contributed by atoms with van der Waals surface area (Å²) >= 11 is 0. The number of nitrogens with zero attached hydrogens (tertiary/aromatic N) is 8. The lowest BCUT2D eigenvalue weighted by Crippen LogP contribution is -2.11. The van der Waals surface area contributed by atoms with E-state index in [1.165, 1.54) is 33.4 Å². The summed E-state index contributed by atoms with van der Waals surface area (Å²) in [6.07, 6.45) is 3.57. The number of aromatic nitrogens is 8. The molecule has 0 unspecified atom stereocenters. The maximum atomic E-state index is 5.90. The Bertz CT molecular complexity index is 4160. The zero-order valence-corrected chi connectivity index (χ0v) is 57.7. The number of fused-ring (bicyclic) bond motifs is 6. The Morgan fingerprint density at radius 2 is 0.602 bits per heavy atom. The number of rotatable bonds is 0. The molecule has 0 amide bonds. The van der Waals surface area contributed by atoms with Gasteiger partial charge < -0.3 is 51.6 Å². The van der Waals surface area contributed by atoms with Gasteiger partial charge in [-0.2, -0.15) is 4.98 Å². The molecule has 486 valence electrons. The summed E-state index contributed by atoms with van der Waals surface area (Å²) < 4.78 is 0. The normalized spacial score (nSPS) is 11.9. The van der Waals surface area contributed by atoms with Crippen LogP contribution < -0.4 is 51.6 Å². The molecule has 0 fully saturated rings. The molecule has 0 aliphatic rings. The molecule has 12 aromatic rings. The Morgan fingerprint density at radius 3 is 1.14 bits per heavy atom. The first-order chi connectivity index (χ1) is 43.0. The van der Waals surface area contributed by atoms with Gasteiger partial charge in [-0.3, -0.25) is 0 Å². The van der Waals surface area contributed by atoms with Crippen LogP contribution in [0.15, 0.2) is 152 Å². The van der Waals surface area contributed by atoms with E-state index in [4.69, 9.17) is 51.6 Å². The second-order valence-electron chi connectivity index (χ2n) is 29.8. The van der Waals surface area contributed by atoms with Gasteiger partial charge in [-0.1, -0.05) is 203 Å². The van der Waals surface area contributed by atoms with Gasteiger partial charge in [-0.25, -0.2) is 34.9 Å². The minimum atomic E-state index is 0.0860. The number of nitrogens with two attached hydrogens (primary N) is 9. The van der Waals surface area contributed by atoms with Crippen LogP contribution in [0.25, 0.3) is 65.2 Å². The van der Waals surface area contributed by atoms with Crippen molar-refractivity contribution < 1.29 is 0 Å². The summed E-state index contributed by atoms with van der Waals surface area (Å²) in [6, 6.07) is 46.8. The quantitative estimate of drug-likeness (QED) is 0.0681. The molecule has 12 rings (SSSR count). The smallest absolute Gasteiger partial charge is 0.222 e. The van der Waals surface area contributed by atoms with E-state index in [9.17, 15) is 0 Å². The zero-order valence-electron chi connectivity index (χ0n) is 57.7. The molecule has 18 N–H and O–H groups in total. The fraction of sp³-hybridized carbons (Fsp3) is 0.316. The molecule has 6 heterocycles. The lowest BCUT2D eigenvalue weighted by Gasteiger charge is -2.19. The van der Waals surface area contributed by atoms with Gasteiger partial charge >= 0.3 is 0 Å². The summed E-state index contributed by atoms with van der Waals surface area (Å²) in [5, 5.41) is 8.28. The average Bonchev–Trinajstić information content (AvgIpc) is 0.869. The van der Waals surface area contributed by atoms with Crippen LogP contribution in [0.2, 0.25) is 0 Å². The second kappa shape index (κ2) is 27.3. The van der Waals surface area contributed by atoms with Crippen molar-refractivity contribution in [2.24, 2.45) is 0 Å². The minimum Gasteiger partial charge on any atom is -0.398 e. The molecule has 93 heavy (non-hydrogen) atoms. The number of anilines is 9. The van der Waals surface area contributed by atoms with Crippen LogP contribution in [0.3, 0.4) is 0 Å². The highest BCUT2D eigenvalue weighted by Crippen LogP contribution is 2.33. The first-order valence-corrected chi connectivity index (χ1v) is 31.1. The molecule has 0 atom stereocenters. The molecule has 0 aliphatic carbocycles. The lowest BCUT2D eigenvalue weighted by molar-refractivity contribution is 0.590. The molecule has 6 aromatic carbocycles. The summed E-state index contributed by atoms with van der Waals surface area (Å²) in [5.41, 5.74) is 64.0. The SMILES string of the molecule is CC(C)(C)c1ccc2c(N)cc(N)nc2c1.CC(C)(C)c1ccc2c(N)nc(N)cc2c1.CC(C)(C)c1ccc2c(N)nc(N)nc2c1.CC(C)(C)c1ccc2ccc(N)nc2c1.CC(C)(C)c1ccc2cnc(N)cc2c1.CC(C)(C)c1ccc2cnc(N)nc2c1. The lowest BCUT2D eigenvalue weighted by atomic mass is 9.86.